The quantitative estimate of drug-likeness (QED) is 0.553. The Kier molecular flexibility index (Phi) is 5.73. The summed E-state index contributed by atoms with van der Waals surface area (Å²) in [5, 5.41) is 14.0. The first-order valence-electron chi connectivity index (χ1n) is 8.50. The van der Waals surface area contributed by atoms with Gasteiger partial charge in [0, 0.05) is 23.2 Å². The van der Waals surface area contributed by atoms with Crippen molar-refractivity contribution in [3.05, 3.63) is 73.5 Å². The van der Waals surface area contributed by atoms with Gasteiger partial charge in [0.15, 0.2) is 0 Å². The fraction of sp³-hybridized carbons (Fsp3) is 0.200. The number of halogens is 2. The van der Waals surface area contributed by atoms with Crippen LogP contribution in [0.25, 0.3) is 10.9 Å². The van der Waals surface area contributed by atoms with Crippen LogP contribution in [0.1, 0.15) is 28.4 Å². The van der Waals surface area contributed by atoms with Crippen molar-refractivity contribution in [2.75, 3.05) is 11.9 Å². The maximum absolute atomic E-state index is 12.5. The Morgan fingerprint density at radius 2 is 1.93 bits per heavy atom. The van der Waals surface area contributed by atoms with E-state index in [9.17, 15) is 14.7 Å². The van der Waals surface area contributed by atoms with Gasteiger partial charge in [0.2, 0.25) is 5.43 Å². The summed E-state index contributed by atoms with van der Waals surface area (Å²) in [5.74, 6) is -1.26. The largest absolute Gasteiger partial charge is 0.477 e. The highest BCUT2D eigenvalue weighted by Gasteiger charge is 2.17. The van der Waals surface area contributed by atoms with Gasteiger partial charge in [0.1, 0.15) is 5.56 Å². The Bertz CT molecular complexity index is 1060. The molecule has 27 heavy (non-hydrogen) atoms. The summed E-state index contributed by atoms with van der Waals surface area (Å²) >= 11 is 12.4. The lowest BCUT2D eigenvalue weighted by molar-refractivity contribution is 0.0695. The Balaban J connectivity index is 1.95. The number of hydrogen-bond donors (Lipinski definition) is 3. The number of H-pyrrole nitrogens is 1. The van der Waals surface area contributed by atoms with E-state index in [1.165, 1.54) is 6.20 Å². The van der Waals surface area contributed by atoms with Crippen molar-refractivity contribution < 1.29 is 9.90 Å². The van der Waals surface area contributed by atoms with Gasteiger partial charge in [-0.15, -0.1) is 0 Å². The van der Waals surface area contributed by atoms with Gasteiger partial charge in [-0.3, -0.25) is 4.79 Å². The molecule has 3 rings (SSSR count). The monoisotopic (exact) mass is 404 g/mol. The zero-order valence-electron chi connectivity index (χ0n) is 14.6. The molecule has 0 fully saturated rings. The van der Waals surface area contributed by atoms with Crippen molar-refractivity contribution in [2.45, 2.75) is 19.8 Å². The molecule has 5 nitrogen and oxygen atoms in total. The minimum atomic E-state index is -1.26. The van der Waals surface area contributed by atoms with E-state index in [0.717, 1.165) is 17.5 Å². The van der Waals surface area contributed by atoms with Gasteiger partial charge in [0.25, 0.3) is 0 Å². The second kappa shape index (κ2) is 8.03. The molecule has 0 aliphatic rings. The van der Waals surface area contributed by atoms with Gasteiger partial charge < -0.3 is 15.4 Å². The Hall–Kier alpha value is -2.50. The van der Waals surface area contributed by atoms with Gasteiger partial charge in [0.05, 0.1) is 16.2 Å². The summed E-state index contributed by atoms with van der Waals surface area (Å²) in [7, 11) is 0. The zero-order valence-corrected chi connectivity index (χ0v) is 16.1. The van der Waals surface area contributed by atoms with E-state index in [-0.39, 0.29) is 5.56 Å². The number of aryl methyl sites for hydroxylation is 1. The molecule has 0 atom stereocenters. The van der Waals surface area contributed by atoms with Crippen molar-refractivity contribution in [3.63, 3.8) is 0 Å². The highest BCUT2D eigenvalue weighted by atomic mass is 35.5. The summed E-state index contributed by atoms with van der Waals surface area (Å²) in [6, 6.07) is 9.19. The number of aromatic amines is 1. The third-order valence-electron chi connectivity index (χ3n) is 4.44. The molecule has 7 heteroatoms. The molecule has 0 saturated heterocycles. The minimum absolute atomic E-state index is 0.293. The van der Waals surface area contributed by atoms with E-state index >= 15 is 0 Å². The molecule has 0 bridgehead atoms. The van der Waals surface area contributed by atoms with Crippen LogP contribution in [-0.2, 0) is 12.8 Å². The summed E-state index contributed by atoms with van der Waals surface area (Å²) in [6.45, 7) is 2.54. The van der Waals surface area contributed by atoms with Crippen LogP contribution in [0, 0.1) is 0 Å². The molecule has 140 valence electrons. The molecule has 3 N–H and O–H groups in total. The first-order valence-corrected chi connectivity index (χ1v) is 9.26. The van der Waals surface area contributed by atoms with Crippen LogP contribution in [0.2, 0.25) is 10.0 Å². The smallest absolute Gasteiger partial charge is 0.341 e. The second-order valence-electron chi connectivity index (χ2n) is 6.13. The van der Waals surface area contributed by atoms with Crippen molar-refractivity contribution in [2.24, 2.45) is 0 Å². The van der Waals surface area contributed by atoms with Crippen LogP contribution in [0.3, 0.4) is 0 Å². The predicted octanol–water partition coefficient (Wildman–Crippen LogP) is 4.75. The number of pyridine rings is 1. The molecule has 2 aromatic carbocycles. The fourth-order valence-electron chi connectivity index (χ4n) is 3.03. The molecule has 1 heterocycles. The van der Waals surface area contributed by atoms with Gasteiger partial charge in [-0.05, 0) is 42.2 Å². The number of carboxylic acids is 1. The van der Waals surface area contributed by atoms with Crippen LogP contribution in [0.5, 0.6) is 0 Å². The molecular weight excluding hydrogens is 387 g/mol. The average Bonchev–Trinajstić information content (AvgIpc) is 2.64. The van der Waals surface area contributed by atoms with Gasteiger partial charge in [-0.1, -0.05) is 42.3 Å². The van der Waals surface area contributed by atoms with Crippen LogP contribution in [0.4, 0.5) is 5.69 Å². The van der Waals surface area contributed by atoms with Crippen molar-refractivity contribution in [3.8, 4) is 0 Å². The summed E-state index contributed by atoms with van der Waals surface area (Å²) in [4.78, 5) is 26.7. The van der Waals surface area contributed by atoms with Gasteiger partial charge in [-0.25, -0.2) is 4.79 Å². The lowest BCUT2D eigenvalue weighted by Gasteiger charge is -2.14. The number of benzene rings is 2. The minimum Gasteiger partial charge on any atom is -0.477 e. The summed E-state index contributed by atoms with van der Waals surface area (Å²) in [6.07, 6.45) is 2.57. The number of rotatable bonds is 6. The Morgan fingerprint density at radius 3 is 2.56 bits per heavy atom. The number of carbonyl (C=O) groups is 1. The van der Waals surface area contributed by atoms with Crippen molar-refractivity contribution >= 4 is 45.8 Å². The molecule has 0 amide bonds. The molecular formula is C20H18Cl2N2O3. The molecule has 0 spiro atoms. The topological polar surface area (TPSA) is 82.2 Å². The molecule has 0 aliphatic heterocycles. The summed E-state index contributed by atoms with van der Waals surface area (Å²) < 4.78 is 0. The number of aromatic carboxylic acids is 1. The van der Waals surface area contributed by atoms with Crippen LogP contribution >= 0.6 is 23.2 Å². The number of hydrogen-bond acceptors (Lipinski definition) is 3. The molecule has 0 unspecified atom stereocenters. The number of anilines is 1. The SMILES string of the molecule is CCc1c(Cl)c(NCCc2ccc(Cl)cc2)cc2c(=O)c(C(=O)O)c[nH]c12. The van der Waals surface area contributed by atoms with Crippen LogP contribution in [-0.4, -0.2) is 22.6 Å². The molecule has 3 aromatic rings. The lowest BCUT2D eigenvalue weighted by Crippen LogP contribution is -2.16. The number of carboxylic acid groups (broad SMARTS) is 1. The van der Waals surface area contributed by atoms with Gasteiger partial charge in [-0.2, -0.15) is 0 Å². The van der Waals surface area contributed by atoms with E-state index < -0.39 is 11.4 Å². The number of aromatic nitrogens is 1. The first-order chi connectivity index (χ1) is 12.9. The number of nitrogens with one attached hydrogen (secondary N) is 2. The molecule has 0 aliphatic carbocycles. The van der Waals surface area contributed by atoms with E-state index in [1.807, 2.05) is 31.2 Å². The van der Waals surface area contributed by atoms with E-state index in [2.05, 4.69) is 10.3 Å². The number of fused-ring (bicyclic) bond motifs is 1. The van der Waals surface area contributed by atoms with Crippen LogP contribution < -0.4 is 10.7 Å². The van der Waals surface area contributed by atoms with Crippen LogP contribution in [0.15, 0.2) is 41.3 Å². The second-order valence-corrected chi connectivity index (χ2v) is 6.95. The summed E-state index contributed by atoms with van der Waals surface area (Å²) in [5.41, 5.74) is 2.26. The molecule has 1 aromatic heterocycles. The highest BCUT2D eigenvalue weighted by Crippen LogP contribution is 2.32. The van der Waals surface area contributed by atoms with E-state index in [4.69, 9.17) is 23.2 Å². The third-order valence-corrected chi connectivity index (χ3v) is 5.12. The zero-order chi connectivity index (χ0) is 19.6. The Labute approximate surface area is 165 Å². The maximum atomic E-state index is 12.5. The van der Waals surface area contributed by atoms with E-state index in [1.54, 1.807) is 6.07 Å². The molecule has 0 saturated carbocycles. The van der Waals surface area contributed by atoms with Crippen molar-refractivity contribution in [1.82, 2.24) is 4.98 Å². The maximum Gasteiger partial charge on any atom is 0.341 e. The first kappa shape index (κ1) is 19.3. The average molecular weight is 405 g/mol. The lowest BCUT2D eigenvalue weighted by atomic mass is 10.0. The van der Waals surface area contributed by atoms with E-state index in [0.29, 0.717) is 39.6 Å². The highest BCUT2D eigenvalue weighted by molar-refractivity contribution is 6.35. The van der Waals surface area contributed by atoms with Gasteiger partial charge >= 0.3 is 5.97 Å². The fourth-order valence-corrected chi connectivity index (χ4v) is 3.50. The normalized spacial score (nSPS) is 10.9. The van der Waals surface area contributed by atoms with Crippen molar-refractivity contribution in [1.29, 1.82) is 0 Å². The standard InChI is InChI=1S/C20H18Cl2N2O3/c1-2-13-17(22)16(23-8-7-11-3-5-12(21)6-4-11)9-14-18(13)24-10-15(19(14)25)20(26)27/h3-6,9-10,23H,2,7-8H2,1H3,(H,24,25)(H,26,27). The predicted molar refractivity (Wildman–Crippen MR) is 110 cm³/mol. The molecule has 0 radical (unpaired) electrons. The third kappa shape index (κ3) is 3.94. The Morgan fingerprint density at radius 1 is 1.22 bits per heavy atom.